The number of nitriles is 1. The zero-order valence-corrected chi connectivity index (χ0v) is 21.1. The van der Waals surface area contributed by atoms with Crippen LogP contribution in [0, 0.1) is 16.7 Å². The first-order valence-electron chi connectivity index (χ1n) is 12.1. The minimum atomic E-state index is -0.123. The Morgan fingerprint density at radius 3 is 2.43 bits per heavy atom. The summed E-state index contributed by atoms with van der Waals surface area (Å²) in [5.74, 6) is 2.53. The lowest BCUT2D eigenvalue weighted by Crippen LogP contribution is -2.12. The highest BCUT2D eigenvalue weighted by Gasteiger charge is 2.41. The zero-order chi connectivity index (χ0) is 26.3. The quantitative estimate of drug-likeness (QED) is 0.271. The van der Waals surface area contributed by atoms with Gasteiger partial charge in [0.15, 0.2) is 6.79 Å². The van der Waals surface area contributed by atoms with E-state index in [1.807, 2.05) is 49.4 Å². The molecule has 1 aliphatic carbocycles. The van der Waals surface area contributed by atoms with Crippen LogP contribution < -0.4 is 25.7 Å². The highest BCUT2D eigenvalue weighted by molar-refractivity contribution is 5.78. The van der Waals surface area contributed by atoms with Crippen LogP contribution in [-0.4, -0.2) is 37.1 Å². The zero-order valence-electron chi connectivity index (χ0n) is 21.1. The molecule has 3 aromatic rings. The molecule has 1 aromatic heterocycles. The van der Waals surface area contributed by atoms with Gasteiger partial charge in [0.25, 0.3) is 0 Å². The number of aromatic nitrogens is 2. The summed E-state index contributed by atoms with van der Waals surface area (Å²) in [6, 6.07) is 13.7. The van der Waals surface area contributed by atoms with Crippen LogP contribution in [0.4, 0.5) is 11.8 Å². The molecule has 1 aliphatic rings. The summed E-state index contributed by atoms with van der Waals surface area (Å²) in [6.45, 7) is 3.04. The minimum absolute atomic E-state index is 0.123. The van der Waals surface area contributed by atoms with Crippen molar-refractivity contribution in [2.24, 2.45) is 5.41 Å². The highest BCUT2D eigenvalue weighted by atomic mass is 16.7. The SMILES string of the molecule is CCOc1cc(Cc2cnc(N)nc2N)cc(OCC2(C=CC#N)CC2)c1-c1ccc(OCOC)cc1. The van der Waals surface area contributed by atoms with Crippen LogP contribution in [0.3, 0.4) is 0 Å². The van der Waals surface area contributed by atoms with Gasteiger partial charge < -0.3 is 30.4 Å². The lowest BCUT2D eigenvalue weighted by molar-refractivity contribution is 0.0511. The molecule has 0 spiro atoms. The van der Waals surface area contributed by atoms with Gasteiger partial charge in [-0.2, -0.15) is 10.2 Å². The van der Waals surface area contributed by atoms with Crippen molar-refractivity contribution in [3.8, 4) is 34.4 Å². The Hall–Kier alpha value is -4.29. The van der Waals surface area contributed by atoms with Gasteiger partial charge in [0, 0.05) is 36.8 Å². The number of benzene rings is 2. The van der Waals surface area contributed by atoms with Crippen LogP contribution in [0.5, 0.6) is 17.2 Å². The fourth-order valence-corrected chi connectivity index (χ4v) is 4.00. The number of nitrogens with two attached hydrogens (primary N) is 2. The number of allylic oxidation sites excluding steroid dienone is 1. The molecular formula is C28H31N5O4. The van der Waals surface area contributed by atoms with Gasteiger partial charge in [-0.3, -0.25) is 0 Å². The van der Waals surface area contributed by atoms with Crippen molar-refractivity contribution in [1.29, 1.82) is 5.26 Å². The summed E-state index contributed by atoms with van der Waals surface area (Å²) in [5, 5.41) is 8.98. The van der Waals surface area contributed by atoms with Gasteiger partial charge >= 0.3 is 0 Å². The van der Waals surface area contributed by atoms with Crippen molar-refractivity contribution < 1.29 is 18.9 Å². The van der Waals surface area contributed by atoms with Crippen molar-refractivity contribution in [3.63, 3.8) is 0 Å². The van der Waals surface area contributed by atoms with E-state index >= 15 is 0 Å². The number of anilines is 2. The first kappa shape index (κ1) is 25.8. The van der Waals surface area contributed by atoms with Crippen molar-refractivity contribution in [2.75, 3.05) is 38.6 Å². The number of hydrogen-bond donors (Lipinski definition) is 2. The Kier molecular flexibility index (Phi) is 8.11. The van der Waals surface area contributed by atoms with E-state index in [0.717, 1.165) is 35.1 Å². The molecule has 2 aromatic carbocycles. The van der Waals surface area contributed by atoms with E-state index in [2.05, 4.69) is 16.0 Å². The predicted octanol–water partition coefficient (Wildman–Crippen LogP) is 4.52. The second-order valence-electron chi connectivity index (χ2n) is 8.90. The van der Waals surface area contributed by atoms with Crippen LogP contribution >= 0.6 is 0 Å². The van der Waals surface area contributed by atoms with Crippen molar-refractivity contribution >= 4 is 11.8 Å². The molecule has 0 aliphatic heterocycles. The maximum Gasteiger partial charge on any atom is 0.221 e. The lowest BCUT2D eigenvalue weighted by Gasteiger charge is -2.20. The monoisotopic (exact) mass is 501 g/mol. The first-order chi connectivity index (χ1) is 18.0. The molecule has 0 saturated heterocycles. The van der Waals surface area contributed by atoms with Crippen LogP contribution in [0.15, 0.2) is 54.7 Å². The van der Waals surface area contributed by atoms with Gasteiger partial charge in [0.05, 0.1) is 24.8 Å². The molecule has 1 heterocycles. The van der Waals surface area contributed by atoms with Gasteiger partial charge in [-0.25, -0.2) is 4.98 Å². The summed E-state index contributed by atoms with van der Waals surface area (Å²) in [4.78, 5) is 8.16. The number of ether oxygens (including phenoxy) is 4. The first-order valence-corrected chi connectivity index (χ1v) is 12.1. The predicted molar refractivity (Wildman–Crippen MR) is 141 cm³/mol. The van der Waals surface area contributed by atoms with Crippen LogP contribution in [0.25, 0.3) is 11.1 Å². The molecule has 1 fully saturated rings. The Morgan fingerprint density at radius 1 is 1.08 bits per heavy atom. The number of rotatable bonds is 12. The van der Waals surface area contributed by atoms with E-state index < -0.39 is 0 Å². The molecule has 4 N–H and O–H groups in total. The van der Waals surface area contributed by atoms with Gasteiger partial charge in [0.2, 0.25) is 5.95 Å². The maximum atomic E-state index is 8.98. The van der Waals surface area contributed by atoms with E-state index in [4.69, 9.17) is 35.7 Å². The molecule has 9 nitrogen and oxygen atoms in total. The fraction of sp³-hybridized carbons (Fsp3) is 0.321. The molecular weight excluding hydrogens is 470 g/mol. The molecule has 9 heteroatoms. The molecule has 0 bridgehead atoms. The molecule has 37 heavy (non-hydrogen) atoms. The Balaban J connectivity index is 1.73. The second kappa shape index (κ2) is 11.6. The normalized spacial score (nSPS) is 13.8. The molecule has 1 saturated carbocycles. The average molecular weight is 502 g/mol. The smallest absolute Gasteiger partial charge is 0.221 e. The fourth-order valence-electron chi connectivity index (χ4n) is 4.00. The van der Waals surface area contributed by atoms with Crippen molar-refractivity contribution in [3.05, 3.63) is 65.9 Å². The van der Waals surface area contributed by atoms with Crippen molar-refractivity contribution in [1.82, 2.24) is 9.97 Å². The third-order valence-electron chi connectivity index (χ3n) is 6.14. The molecule has 0 radical (unpaired) electrons. The molecule has 4 rings (SSSR count). The third-order valence-corrected chi connectivity index (χ3v) is 6.14. The highest BCUT2D eigenvalue weighted by Crippen LogP contribution is 2.49. The minimum Gasteiger partial charge on any atom is -0.493 e. The summed E-state index contributed by atoms with van der Waals surface area (Å²) >= 11 is 0. The Bertz CT molecular complexity index is 1300. The number of nitrogen functional groups attached to an aromatic ring is 2. The summed E-state index contributed by atoms with van der Waals surface area (Å²) < 4.78 is 23.1. The van der Waals surface area contributed by atoms with E-state index in [0.29, 0.717) is 42.7 Å². The van der Waals surface area contributed by atoms with Crippen molar-refractivity contribution in [2.45, 2.75) is 26.2 Å². The third kappa shape index (κ3) is 6.48. The summed E-state index contributed by atoms with van der Waals surface area (Å²) in [6.07, 6.45) is 7.53. The second-order valence-corrected chi connectivity index (χ2v) is 8.90. The van der Waals surface area contributed by atoms with E-state index in [-0.39, 0.29) is 18.2 Å². The van der Waals surface area contributed by atoms with Crippen LogP contribution in [0.2, 0.25) is 0 Å². The van der Waals surface area contributed by atoms with Gasteiger partial charge in [-0.05, 0) is 55.2 Å². The maximum absolute atomic E-state index is 8.98. The van der Waals surface area contributed by atoms with Gasteiger partial charge in [-0.1, -0.05) is 18.2 Å². The largest absolute Gasteiger partial charge is 0.493 e. The van der Waals surface area contributed by atoms with Crippen LogP contribution in [0.1, 0.15) is 30.9 Å². The molecule has 0 atom stereocenters. The number of nitrogens with zero attached hydrogens (tertiary/aromatic N) is 3. The molecule has 0 unspecified atom stereocenters. The van der Waals surface area contributed by atoms with Crippen LogP contribution in [-0.2, 0) is 11.2 Å². The average Bonchev–Trinajstić information content (AvgIpc) is 3.67. The standard InChI is InChI=1S/C28H31N5O4/c1-3-35-23-14-19(13-21-16-32-27(31)33-26(21)30)15-24(36-17-28(10-11-28)9-4-12-29)25(23)20-5-7-22(8-6-20)37-18-34-2/h4-9,14-16H,3,10-11,13,17-18H2,1-2H3,(H4,30,31,32,33). The topological polar surface area (TPSA) is 139 Å². The molecule has 0 amide bonds. The number of methoxy groups -OCH3 is 1. The van der Waals surface area contributed by atoms with Gasteiger partial charge in [0.1, 0.15) is 23.1 Å². The van der Waals surface area contributed by atoms with E-state index in [1.165, 1.54) is 6.08 Å². The lowest BCUT2D eigenvalue weighted by atomic mass is 9.98. The van der Waals surface area contributed by atoms with E-state index in [1.54, 1.807) is 13.3 Å². The number of hydrogen-bond acceptors (Lipinski definition) is 9. The Morgan fingerprint density at radius 2 is 1.81 bits per heavy atom. The molecule has 192 valence electrons. The van der Waals surface area contributed by atoms with E-state index in [9.17, 15) is 0 Å². The van der Waals surface area contributed by atoms with Gasteiger partial charge in [-0.15, -0.1) is 0 Å². The summed E-state index contributed by atoms with van der Waals surface area (Å²) in [7, 11) is 1.58. The Labute approximate surface area is 216 Å². The summed E-state index contributed by atoms with van der Waals surface area (Å²) in [5.41, 5.74) is 15.1.